The largest absolute Gasteiger partial charge is 0.490 e. The number of carbonyl (C=O) groups is 2. The van der Waals surface area contributed by atoms with E-state index >= 15 is 0 Å². The molecule has 0 bridgehead atoms. The summed E-state index contributed by atoms with van der Waals surface area (Å²) in [5, 5.41) is 3.97. The third-order valence-electron chi connectivity index (χ3n) is 4.33. The topological polar surface area (TPSA) is 89.9 Å². The summed E-state index contributed by atoms with van der Waals surface area (Å²) < 4.78 is 11.1. The number of ether oxygens (including phenoxy) is 2. The van der Waals surface area contributed by atoms with Gasteiger partial charge in [-0.3, -0.25) is 9.78 Å². The van der Waals surface area contributed by atoms with E-state index in [-0.39, 0.29) is 5.69 Å². The predicted molar refractivity (Wildman–Crippen MR) is 118 cm³/mol. The highest BCUT2D eigenvalue weighted by Crippen LogP contribution is 2.29. The Morgan fingerprint density at radius 1 is 1.03 bits per heavy atom. The molecule has 2 aromatic carbocycles. The van der Waals surface area contributed by atoms with Gasteiger partial charge in [0, 0.05) is 6.20 Å². The van der Waals surface area contributed by atoms with Gasteiger partial charge < -0.3 is 9.47 Å². The van der Waals surface area contributed by atoms with Gasteiger partial charge in [-0.2, -0.15) is 5.10 Å². The number of hydrogen-bond acceptors (Lipinski definition) is 6. The molecule has 1 N–H and O–H groups in total. The Morgan fingerprint density at radius 2 is 1.84 bits per heavy atom. The van der Waals surface area contributed by atoms with Crippen LogP contribution in [0.5, 0.6) is 11.5 Å². The molecule has 0 saturated carbocycles. The van der Waals surface area contributed by atoms with E-state index in [1.165, 1.54) is 6.21 Å². The van der Waals surface area contributed by atoms with Crippen LogP contribution in [0.3, 0.4) is 0 Å². The van der Waals surface area contributed by atoms with Gasteiger partial charge in [0.05, 0.1) is 18.4 Å². The molecule has 0 aliphatic carbocycles. The molecule has 3 rings (SSSR count). The summed E-state index contributed by atoms with van der Waals surface area (Å²) in [4.78, 5) is 28.6. The molecule has 0 unspecified atom stereocenters. The first-order valence-electron chi connectivity index (χ1n) is 9.93. The molecule has 0 spiro atoms. The van der Waals surface area contributed by atoms with Gasteiger partial charge in [0.1, 0.15) is 5.69 Å². The molecule has 31 heavy (non-hydrogen) atoms. The molecule has 7 heteroatoms. The van der Waals surface area contributed by atoms with E-state index in [0.29, 0.717) is 29.2 Å². The Kier molecular flexibility index (Phi) is 7.48. The fraction of sp³-hybridized carbons (Fsp3) is 0.167. The van der Waals surface area contributed by atoms with Crippen LogP contribution in [0.1, 0.15) is 45.8 Å². The van der Waals surface area contributed by atoms with Crippen molar-refractivity contribution in [1.82, 2.24) is 10.4 Å². The van der Waals surface area contributed by atoms with Crippen LogP contribution in [0.15, 0.2) is 72.0 Å². The predicted octanol–water partition coefficient (Wildman–Crippen LogP) is 4.03. The van der Waals surface area contributed by atoms with Crippen molar-refractivity contribution < 1.29 is 19.1 Å². The summed E-state index contributed by atoms with van der Waals surface area (Å²) >= 11 is 0. The number of carbonyl (C=O) groups excluding carboxylic acids is 2. The molecular formula is C24H23N3O4. The zero-order valence-electron chi connectivity index (χ0n) is 17.4. The first-order chi connectivity index (χ1) is 15.1. The van der Waals surface area contributed by atoms with Crippen LogP contribution in [0.2, 0.25) is 0 Å². The average Bonchev–Trinajstić information content (AvgIpc) is 2.81. The minimum atomic E-state index is -0.475. The lowest BCUT2D eigenvalue weighted by Gasteiger charge is -2.11. The molecule has 0 fully saturated rings. The molecule has 158 valence electrons. The number of esters is 1. The monoisotopic (exact) mass is 417 g/mol. The summed E-state index contributed by atoms with van der Waals surface area (Å²) in [6, 6.07) is 17.2. The van der Waals surface area contributed by atoms with Gasteiger partial charge in [-0.25, -0.2) is 10.2 Å². The molecule has 0 aliphatic rings. The van der Waals surface area contributed by atoms with Crippen molar-refractivity contribution in [3.05, 3.63) is 89.2 Å². The maximum Gasteiger partial charge on any atom is 0.343 e. The molecule has 0 saturated heterocycles. The number of hydrazone groups is 1. The van der Waals surface area contributed by atoms with Crippen molar-refractivity contribution >= 4 is 18.1 Å². The third kappa shape index (κ3) is 5.99. The van der Waals surface area contributed by atoms with Crippen LogP contribution in [-0.4, -0.2) is 29.7 Å². The van der Waals surface area contributed by atoms with E-state index in [1.807, 2.05) is 26.0 Å². The summed E-state index contributed by atoms with van der Waals surface area (Å²) in [6.07, 6.45) is 4.00. The van der Waals surface area contributed by atoms with Gasteiger partial charge in [-0.15, -0.1) is 0 Å². The minimum Gasteiger partial charge on any atom is -0.490 e. The van der Waals surface area contributed by atoms with Gasteiger partial charge in [-0.1, -0.05) is 31.2 Å². The smallest absolute Gasteiger partial charge is 0.343 e. The van der Waals surface area contributed by atoms with Crippen LogP contribution >= 0.6 is 0 Å². The number of hydrogen-bond donors (Lipinski definition) is 1. The van der Waals surface area contributed by atoms with Crippen molar-refractivity contribution in [1.29, 1.82) is 0 Å². The van der Waals surface area contributed by atoms with E-state index < -0.39 is 11.9 Å². The van der Waals surface area contributed by atoms with Crippen molar-refractivity contribution in [3.8, 4) is 11.5 Å². The van der Waals surface area contributed by atoms with Crippen molar-refractivity contribution in [2.45, 2.75) is 20.3 Å². The number of aryl methyl sites for hydroxylation is 1. The minimum absolute atomic E-state index is 0.285. The highest BCUT2D eigenvalue weighted by Gasteiger charge is 2.13. The second-order valence-electron chi connectivity index (χ2n) is 6.50. The summed E-state index contributed by atoms with van der Waals surface area (Å²) in [5.41, 5.74) is 4.89. The lowest BCUT2D eigenvalue weighted by atomic mass is 10.2. The molecule has 0 radical (unpaired) electrons. The highest BCUT2D eigenvalue weighted by atomic mass is 16.6. The third-order valence-corrected chi connectivity index (χ3v) is 4.33. The van der Waals surface area contributed by atoms with E-state index in [4.69, 9.17) is 9.47 Å². The fourth-order valence-corrected chi connectivity index (χ4v) is 2.68. The molecule has 0 aliphatic heterocycles. The van der Waals surface area contributed by atoms with Crippen molar-refractivity contribution in [2.75, 3.05) is 6.61 Å². The van der Waals surface area contributed by atoms with E-state index in [1.54, 1.807) is 54.7 Å². The Balaban J connectivity index is 1.68. The maximum atomic E-state index is 12.3. The Labute approximate surface area is 180 Å². The molecule has 0 atom stereocenters. The number of nitrogens with zero attached hydrogens (tertiary/aromatic N) is 2. The summed E-state index contributed by atoms with van der Waals surface area (Å²) in [6.45, 7) is 4.25. The van der Waals surface area contributed by atoms with Gasteiger partial charge in [0.2, 0.25) is 0 Å². The van der Waals surface area contributed by atoms with E-state index in [2.05, 4.69) is 15.5 Å². The van der Waals surface area contributed by atoms with E-state index in [9.17, 15) is 9.59 Å². The number of amides is 1. The SMILES string of the molecule is CCOc1cc(C=NNC(=O)c2ccc(CC)cn2)ccc1OC(=O)c1ccccc1. The van der Waals surface area contributed by atoms with Crippen LogP contribution in [0, 0.1) is 0 Å². The molecule has 1 aromatic heterocycles. The number of pyridine rings is 1. The summed E-state index contributed by atoms with van der Waals surface area (Å²) in [7, 11) is 0. The standard InChI is InChI=1S/C24H23N3O4/c1-3-17-10-12-20(25-15-17)23(28)27-26-16-18-11-13-21(22(14-18)30-4-2)31-24(29)19-8-6-5-7-9-19/h5-16H,3-4H2,1-2H3,(H,27,28). The Hall–Kier alpha value is -4.00. The van der Waals surface area contributed by atoms with Gasteiger partial charge in [-0.05, 0) is 60.9 Å². The van der Waals surface area contributed by atoms with Crippen LogP contribution in [0.4, 0.5) is 0 Å². The first-order valence-corrected chi connectivity index (χ1v) is 9.93. The molecule has 1 amide bonds. The fourth-order valence-electron chi connectivity index (χ4n) is 2.68. The first kappa shape index (κ1) is 21.7. The zero-order valence-corrected chi connectivity index (χ0v) is 17.4. The molecule has 1 heterocycles. The number of benzene rings is 2. The molecule has 7 nitrogen and oxygen atoms in total. The number of nitrogens with one attached hydrogen (secondary N) is 1. The van der Waals surface area contributed by atoms with Crippen LogP contribution < -0.4 is 14.9 Å². The Morgan fingerprint density at radius 3 is 2.52 bits per heavy atom. The van der Waals surface area contributed by atoms with Gasteiger partial charge in [0.25, 0.3) is 5.91 Å². The molecular weight excluding hydrogens is 394 g/mol. The van der Waals surface area contributed by atoms with Gasteiger partial charge >= 0.3 is 5.97 Å². The van der Waals surface area contributed by atoms with Crippen molar-refractivity contribution in [3.63, 3.8) is 0 Å². The lowest BCUT2D eigenvalue weighted by molar-refractivity contribution is 0.0728. The highest BCUT2D eigenvalue weighted by molar-refractivity contribution is 5.93. The van der Waals surface area contributed by atoms with Crippen LogP contribution in [-0.2, 0) is 6.42 Å². The normalized spacial score (nSPS) is 10.6. The van der Waals surface area contributed by atoms with Gasteiger partial charge in [0.15, 0.2) is 11.5 Å². The van der Waals surface area contributed by atoms with E-state index in [0.717, 1.165) is 12.0 Å². The number of aromatic nitrogens is 1. The second-order valence-corrected chi connectivity index (χ2v) is 6.50. The second kappa shape index (κ2) is 10.7. The average molecular weight is 417 g/mol. The maximum absolute atomic E-state index is 12.3. The van der Waals surface area contributed by atoms with Crippen LogP contribution in [0.25, 0.3) is 0 Å². The van der Waals surface area contributed by atoms with Crippen molar-refractivity contribution in [2.24, 2.45) is 5.10 Å². The Bertz CT molecular complexity index is 1060. The molecule has 3 aromatic rings. The zero-order chi connectivity index (χ0) is 22.1. The summed E-state index contributed by atoms with van der Waals surface area (Å²) in [5.74, 6) is -0.176. The lowest BCUT2D eigenvalue weighted by Crippen LogP contribution is -2.19. The number of rotatable bonds is 8. The quantitative estimate of drug-likeness (QED) is 0.259.